The number of aliphatic hydroxyl groups is 1. The Labute approximate surface area is 199 Å². The van der Waals surface area contributed by atoms with E-state index in [1.807, 2.05) is 13.0 Å². The van der Waals surface area contributed by atoms with E-state index in [4.69, 9.17) is 0 Å². The van der Waals surface area contributed by atoms with Gasteiger partial charge in [-0.05, 0) is 91.0 Å². The predicted molar refractivity (Wildman–Crippen MR) is 134 cm³/mol. The molecule has 0 unspecified atom stereocenters. The SMILES string of the molecule is CC#C[C@]1(O)CC[C@H]2[C@@H]3CCC4=CC(=O)CCC4=C3[C@@H](c3cccc(C(C)(C)C)c3)C[C@@]21C. The normalized spacial score (nSPS) is 35.8. The first-order chi connectivity index (χ1) is 15.6. The molecule has 0 radical (unpaired) electrons. The summed E-state index contributed by atoms with van der Waals surface area (Å²) in [6, 6.07) is 9.15. The van der Waals surface area contributed by atoms with Crippen LogP contribution in [0.2, 0.25) is 0 Å². The Bertz CT molecular complexity index is 1120. The third-order valence-electron chi connectivity index (χ3n) is 9.37. The van der Waals surface area contributed by atoms with Gasteiger partial charge in [-0.1, -0.05) is 63.5 Å². The van der Waals surface area contributed by atoms with Gasteiger partial charge in [-0.3, -0.25) is 4.79 Å². The predicted octanol–water partition coefficient (Wildman–Crippen LogP) is 6.64. The minimum absolute atomic E-state index is 0.0883. The molecule has 1 N–H and O–H groups in total. The number of fused-ring (bicyclic) bond motifs is 4. The number of allylic oxidation sites excluding steroid dienone is 4. The van der Waals surface area contributed by atoms with Gasteiger partial charge in [-0.2, -0.15) is 0 Å². The highest BCUT2D eigenvalue weighted by molar-refractivity contribution is 5.93. The standard InChI is InChI=1S/C31H38O2/c1-6-15-31(33)16-14-27-25-12-10-21-18-23(32)11-13-24(21)28(25)26(19-30(27,31)5)20-8-7-9-22(17-20)29(2,3)4/h7-9,17-18,25-27,33H,10-14,16,19H2,1-5H3/t25-,26+,27-,30-,31-/m0/s1. The molecule has 0 aliphatic heterocycles. The topological polar surface area (TPSA) is 37.3 Å². The number of carbonyl (C=O) groups is 1. The van der Waals surface area contributed by atoms with E-state index in [0.717, 1.165) is 38.5 Å². The molecule has 33 heavy (non-hydrogen) atoms. The second kappa shape index (κ2) is 7.71. The van der Waals surface area contributed by atoms with Crippen molar-refractivity contribution in [3.63, 3.8) is 0 Å². The number of ketones is 1. The van der Waals surface area contributed by atoms with Crippen LogP contribution in [-0.2, 0) is 10.2 Å². The van der Waals surface area contributed by atoms with Crippen LogP contribution >= 0.6 is 0 Å². The minimum Gasteiger partial charge on any atom is -0.377 e. The van der Waals surface area contributed by atoms with E-state index in [0.29, 0.717) is 18.3 Å². The van der Waals surface area contributed by atoms with Crippen molar-refractivity contribution in [1.29, 1.82) is 0 Å². The molecular weight excluding hydrogens is 404 g/mol. The first-order valence-corrected chi connectivity index (χ1v) is 12.8. The number of rotatable bonds is 1. The molecule has 0 amide bonds. The van der Waals surface area contributed by atoms with Gasteiger partial charge in [-0.15, -0.1) is 5.92 Å². The summed E-state index contributed by atoms with van der Waals surface area (Å²) >= 11 is 0. The maximum atomic E-state index is 12.2. The summed E-state index contributed by atoms with van der Waals surface area (Å²) in [6.45, 7) is 11.0. The summed E-state index contributed by atoms with van der Waals surface area (Å²) < 4.78 is 0. The van der Waals surface area contributed by atoms with Crippen molar-refractivity contribution >= 4 is 5.78 Å². The van der Waals surface area contributed by atoms with Gasteiger partial charge >= 0.3 is 0 Å². The van der Waals surface area contributed by atoms with Crippen molar-refractivity contribution in [2.45, 2.75) is 96.5 Å². The van der Waals surface area contributed by atoms with Gasteiger partial charge in [0.1, 0.15) is 5.60 Å². The monoisotopic (exact) mass is 442 g/mol. The maximum absolute atomic E-state index is 12.2. The van der Waals surface area contributed by atoms with Gasteiger partial charge in [-0.25, -0.2) is 0 Å². The lowest BCUT2D eigenvalue weighted by atomic mass is 9.51. The zero-order chi connectivity index (χ0) is 23.6. The molecule has 0 heterocycles. The van der Waals surface area contributed by atoms with E-state index in [-0.39, 0.29) is 22.5 Å². The van der Waals surface area contributed by atoms with Gasteiger partial charge in [0.05, 0.1) is 0 Å². The van der Waals surface area contributed by atoms with Gasteiger partial charge in [0.25, 0.3) is 0 Å². The maximum Gasteiger partial charge on any atom is 0.156 e. The summed E-state index contributed by atoms with van der Waals surface area (Å²) in [7, 11) is 0. The van der Waals surface area contributed by atoms with Crippen molar-refractivity contribution in [1.82, 2.24) is 0 Å². The summed E-state index contributed by atoms with van der Waals surface area (Å²) in [5.74, 6) is 7.80. The second-order valence-electron chi connectivity index (χ2n) is 12.1. The number of carbonyl (C=O) groups excluding carboxylic acids is 1. The number of hydrogen-bond acceptors (Lipinski definition) is 2. The van der Waals surface area contributed by atoms with Crippen LogP contribution in [0.3, 0.4) is 0 Å². The third-order valence-corrected chi connectivity index (χ3v) is 9.37. The largest absolute Gasteiger partial charge is 0.377 e. The van der Waals surface area contributed by atoms with Crippen LogP contribution in [0.4, 0.5) is 0 Å². The lowest BCUT2D eigenvalue weighted by Crippen LogP contribution is -2.51. The van der Waals surface area contributed by atoms with Crippen LogP contribution in [-0.4, -0.2) is 16.5 Å². The molecule has 2 nitrogen and oxygen atoms in total. The third kappa shape index (κ3) is 3.47. The average molecular weight is 443 g/mol. The van der Waals surface area contributed by atoms with E-state index < -0.39 is 5.60 Å². The summed E-state index contributed by atoms with van der Waals surface area (Å²) in [5, 5.41) is 11.8. The highest BCUT2D eigenvalue weighted by atomic mass is 16.3. The van der Waals surface area contributed by atoms with E-state index in [1.165, 1.54) is 22.3 Å². The molecule has 4 aliphatic carbocycles. The fourth-order valence-corrected chi connectivity index (χ4v) is 7.60. The minimum atomic E-state index is -0.916. The molecule has 2 saturated carbocycles. The zero-order valence-electron chi connectivity index (χ0n) is 20.9. The summed E-state index contributed by atoms with van der Waals surface area (Å²) in [6.07, 6.45) is 8.27. The first-order valence-electron chi connectivity index (χ1n) is 12.8. The Hall–Kier alpha value is -2.11. The molecule has 1 aromatic rings. The van der Waals surface area contributed by atoms with Crippen molar-refractivity contribution in [3.8, 4) is 11.8 Å². The molecule has 0 spiro atoms. The van der Waals surface area contributed by atoms with E-state index in [2.05, 4.69) is 63.8 Å². The lowest BCUT2D eigenvalue weighted by molar-refractivity contribution is -0.114. The van der Waals surface area contributed by atoms with Gasteiger partial charge < -0.3 is 5.11 Å². The Morgan fingerprint density at radius 3 is 2.64 bits per heavy atom. The van der Waals surface area contributed by atoms with Crippen LogP contribution in [0.15, 0.2) is 47.1 Å². The highest BCUT2D eigenvalue weighted by Gasteiger charge is 2.62. The fraction of sp³-hybridized carbons (Fsp3) is 0.581. The van der Waals surface area contributed by atoms with Crippen LogP contribution in [0.1, 0.15) is 96.6 Å². The molecule has 2 fully saturated rings. The lowest BCUT2D eigenvalue weighted by Gasteiger charge is -2.53. The van der Waals surface area contributed by atoms with Gasteiger partial charge in [0, 0.05) is 17.8 Å². The Morgan fingerprint density at radius 1 is 1.12 bits per heavy atom. The highest BCUT2D eigenvalue weighted by Crippen LogP contribution is 2.66. The molecule has 5 rings (SSSR count). The molecule has 4 aliphatic rings. The number of hydrogen-bond donors (Lipinski definition) is 1. The van der Waals surface area contributed by atoms with Crippen molar-refractivity contribution in [2.24, 2.45) is 17.3 Å². The fourth-order valence-electron chi connectivity index (χ4n) is 7.60. The van der Waals surface area contributed by atoms with Gasteiger partial charge in [0.15, 0.2) is 5.78 Å². The smallest absolute Gasteiger partial charge is 0.156 e. The van der Waals surface area contributed by atoms with Crippen LogP contribution in [0, 0.1) is 29.1 Å². The van der Waals surface area contributed by atoms with Gasteiger partial charge in [0.2, 0.25) is 0 Å². The molecule has 0 bridgehead atoms. The summed E-state index contributed by atoms with van der Waals surface area (Å²) in [5.41, 5.74) is 6.02. The van der Waals surface area contributed by atoms with Crippen LogP contribution in [0.5, 0.6) is 0 Å². The molecular formula is C31H38O2. The molecule has 0 saturated heterocycles. The van der Waals surface area contributed by atoms with Crippen LogP contribution < -0.4 is 0 Å². The number of benzene rings is 1. The second-order valence-corrected chi connectivity index (χ2v) is 12.1. The first kappa shape index (κ1) is 22.7. The van der Waals surface area contributed by atoms with Crippen molar-refractivity contribution < 1.29 is 9.90 Å². The zero-order valence-corrected chi connectivity index (χ0v) is 20.9. The molecule has 2 heteroatoms. The molecule has 5 atom stereocenters. The molecule has 174 valence electrons. The van der Waals surface area contributed by atoms with Crippen molar-refractivity contribution in [2.75, 3.05) is 0 Å². The van der Waals surface area contributed by atoms with E-state index >= 15 is 0 Å². The van der Waals surface area contributed by atoms with E-state index in [9.17, 15) is 9.90 Å². The van der Waals surface area contributed by atoms with Crippen LogP contribution in [0.25, 0.3) is 0 Å². The average Bonchev–Trinajstić information content (AvgIpc) is 3.03. The quantitative estimate of drug-likeness (QED) is 0.495. The molecule has 1 aromatic carbocycles. The Kier molecular flexibility index (Phi) is 5.30. The summed E-state index contributed by atoms with van der Waals surface area (Å²) in [4.78, 5) is 12.2. The van der Waals surface area contributed by atoms with Crippen molar-refractivity contribution in [3.05, 3.63) is 58.2 Å². The Balaban J connectivity index is 1.71. The molecule has 0 aromatic heterocycles. The van der Waals surface area contributed by atoms with E-state index in [1.54, 1.807) is 5.57 Å². The Morgan fingerprint density at radius 2 is 1.91 bits per heavy atom.